The Balaban J connectivity index is 4.23. The van der Waals surface area contributed by atoms with Crippen LogP contribution in [0.2, 0.25) is 0 Å². The van der Waals surface area contributed by atoms with Gasteiger partial charge in [-0.2, -0.15) is 0 Å². The largest absolute Gasteiger partial charge is 0.393 e. The van der Waals surface area contributed by atoms with Crippen LogP contribution in [0.15, 0.2) is 0 Å². The lowest BCUT2D eigenvalue weighted by Crippen LogP contribution is -2.43. The fraction of sp³-hybridized carbons (Fsp3) is 0.727. The van der Waals surface area contributed by atoms with Gasteiger partial charge in [0.25, 0.3) is 0 Å². The number of hydrogen-bond acceptors (Lipinski definition) is 3. The second-order valence-corrected chi connectivity index (χ2v) is 4.34. The zero-order chi connectivity index (χ0) is 13.4. The number of nitrogens with two attached hydrogens (primary N) is 1. The molecule has 2 amide bonds. The fourth-order valence-electron chi connectivity index (χ4n) is 1.29. The molecular weight excluding hydrogens is 238 g/mol. The molecule has 0 bridgehead atoms. The Morgan fingerprint density at radius 3 is 2.41 bits per heavy atom. The SMILES string of the molecule is CCCC(C(=O)NCC(=O)N(C)CC)C(N)=S. The summed E-state index contributed by atoms with van der Waals surface area (Å²) in [4.78, 5) is 24.9. The molecule has 0 aliphatic rings. The molecule has 0 heterocycles. The summed E-state index contributed by atoms with van der Waals surface area (Å²) in [6.45, 7) is 4.43. The summed E-state index contributed by atoms with van der Waals surface area (Å²) in [5, 5.41) is 2.57. The summed E-state index contributed by atoms with van der Waals surface area (Å²) < 4.78 is 0. The molecule has 0 fully saturated rings. The topological polar surface area (TPSA) is 75.4 Å². The Labute approximate surface area is 108 Å². The number of nitrogens with zero attached hydrogens (tertiary/aromatic N) is 1. The molecule has 0 aliphatic carbocycles. The number of nitrogens with one attached hydrogen (secondary N) is 1. The lowest BCUT2D eigenvalue weighted by atomic mass is 10.0. The minimum Gasteiger partial charge on any atom is -0.393 e. The van der Waals surface area contributed by atoms with Crippen molar-refractivity contribution in [1.29, 1.82) is 0 Å². The molecule has 0 rings (SSSR count). The van der Waals surface area contributed by atoms with Crippen LogP contribution >= 0.6 is 12.2 Å². The van der Waals surface area contributed by atoms with E-state index in [1.54, 1.807) is 7.05 Å². The van der Waals surface area contributed by atoms with Crippen LogP contribution in [0.1, 0.15) is 26.7 Å². The number of likely N-dealkylation sites (N-methyl/N-ethyl adjacent to an activating group) is 1. The quantitative estimate of drug-likeness (QED) is 0.644. The van der Waals surface area contributed by atoms with E-state index < -0.39 is 5.92 Å². The van der Waals surface area contributed by atoms with Crippen LogP contribution < -0.4 is 11.1 Å². The Bertz CT molecular complexity index is 294. The van der Waals surface area contributed by atoms with Gasteiger partial charge in [-0.3, -0.25) is 9.59 Å². The van der Waals surface area contributed by atoms with Crippen molar-refractivity contribution in [2.24, 2.45) is 11.7 Å². The van der Waals surface area contributed by atoms with Crippen molar-refractivity contribution < 1.29 is 9.59 Å². The number of amides is 2. The van der Waals surface area contributed by atoms with Gasteiger partial charge >= 0.3 is 0 Å². The Hall–Kier alpha value is -1.17. The molecule has 0 radical (unpaired) electrons. The van der Waals surface area contributed by atoms with Gasteiger partial charge in [0.1, 0.15) is 0 Å². The molecule has 0 aromatic heterocycles. The molecule has 0 spiro atoms. The molecule has 6 heteroatoms. The van der Waals surface area contributed by atoms with Crippen LogP contribution in [-0.4, -0.2) is 41.8 Å². The van der Waals surface area contributed by atoms with Gasteiger partial charge in [0, 0.05) is 13.6 Å². The molecule has 5 nitrogen and oxygen atoms in total. The fourth-order valence-corrected chi connectivity index (χ4v) is 1.51. The average Bonchev–Trinajstić information content (AvgIpc) is 2.30. The number of carbonyl (C=O) groups excluding carboxylic acids is 2. The first-order valence-corrected chi connectivity index (χ1v) is 6.15. The second kappa shape index (κ2) is 8.00. The Morgan fingerprint density at radius 1 is 1.41 bits per heavy atom. The monoisotopic (exact) mass is 259 g/mol. The maximum absolute atomic E-state index is 11.7. The van der Waals surface area contributed by atoms with E-state index in [1.807, 2.05) is 13.8 Å². The van der Waals surface area contributed by atoms with Crippen molar-refractivity contribution in [3.63, 3.8) is 0 Å². The van der Waals surface area contributed by atoms with Crippen LogP contribution in [0.5, 0.6) is 0 Å². The average molecular weight is 259 g/mol. The standard InChI is InChI=1S/C11H21N3O2S/c1-4-6-8(10(12)17)11(16)13-7-9(15)14(3)5-2/h8H,4-7H2,1-3H3,(H2,12,17)(H,13,16). The van der Waals surface area contributed by atoms with Gasteiger partial charge in [0.15, 0.2) is 0 Å². The van der Waals surface area contributed by atoms with Crippen molar-refractivity contribution in [2.45, 2.75) is 26.7 Å². The van der Waals surface area contributed by atoms with Gasteiger partial charge < -0.3 is 16.0 Å². The van der Waals surface area contributed by atoms with Crippen LogP contribution in [0.3, 0.4) is 0 Å². The zero-order valence-corrected chi connectivity index (χ0v) is 11.5. The predicted molar refractivity (Wildman–Crippen MR) is 71.5 cm³/mol. The molecule has 0 saturated heterocycles. The highest BCUT2D eigenvalue weighted by Gasteiger charge is 2.21. The van der Waals surface area contributed by atoms with Crippen LogP contribution in [0.25, 0.3) is 0 Å². The molecule has 0 aliphatic heterocycles. The smallest absolute Gasteiger partial charge is 0.241 e. The minimum atomic E-state index is -0.477. The predicted octanol–water partition coefficient (Wildman–Crippen LogP) is 0.283. The van der Waals surface area contributed by atoms with Gasteiger partial charge in [-0.1, -0.05) is 25.6 Å². The number of hydrogen-bond donors (Lipinski definition) is 2. The van der Waals surface area contributed by atoms with Crippen molar-refractivity contribution in [1.82, 2.24) is 10.2 Å². The molecular formula is C11H21N3O2S. The molecule has 3 N–H and O–H groups in total. The van der Waals surface area contributed by atoms with E-state index >= 15 is 0 Å². The van der Waals surface area contributed by atoms with Gasteiger partial charge in [-0.15, -0.1) is 0 Å². The van der Waals surface area contributed by atoms with Gasteiger partial charge in [0.05, 0.1) is 17.5 Å². The number of thiocarbonyl (C=S) groups is 1. The van der Waals surface area contributed by atoms with E-state index in [1.165, 1.54) is 4.90 Å². The van der Waals surface area contributed by atoms with E-state index in [9.17, 15) is 9.59 Å². The van der Waals surface area contributed by atoms with E-state index in [0.29, 0.717) is 13.0 Å². The molecule has 1 unspecified atom stereocenters. The molecule has 0 aromatic carbocycles. The summed E-state index contributed by atoms with van der Waals surface area (Å²) in [6.07, 6.45) is 1.43. The summed E-state index contributed by atoms with van der Waals surface area (Å²) in [5.74, 6) is -0.869. The first-order chi connectivity index (χ1) is 7.93. The van der Waals surface area contributed by atoms with E-state index in [0.717, 1.165) is 6.42 Å². The normalized spacial score (nSPS) is 11.7. The zero-order valence-electron chi connectivity index (χ0n) is 10.7. The van der Waals surface area contributed by atoms with E-state index in [2.05, 4.69) is 5.32 Å². The first-order valence-electron chi connectivity index (χ1n) is 5.75. The third kappa shape index (κ3) is 5.63. The van der Waals surface area contributed by atoms with Crippen LogP contribution in [-0.2, 0) is 9.59 Å². The molecule has 1 atom stereocenters. The van der Waals surface area contributed by atoms with Crippen molar-refractivity contribution in [2.75, 3.05) is 20.1 Å². The van der Waals surface area contributed by atoms with Crippen molar-refractivity contribution in [3.05, 3.63) is 0 Å². The summed E-state index contributed by atoms with van der Waals surface area (Å²) in [6, 6.07) is 0. The van der Waals surface area contributed by atoms with Crippen molar-refractivity contribution >= 4 is 29.0 Å². The highest BCUT2D eigenvalue weighted by molar-refractivity contribution is 7.80. The molecule has 0 saturated carbocycles. The van der Waals surface area contributed by atoms with Gasteiger partial charge in [-0.05, 0) is 13.3 Å². The van der Waals surface area contributed by atoms with Crippen LogP contribution in [0, 0.1) is 5.92 Å². The highest BCUT2D eigenvalue weighted by atomic mass is 32.1. The van der Waals surface area contributed by atoms with E-state index in [-0.39, 0.29) is 23.3 Å². The van der Waals surface area contributed by atoms with E-state index in [4.69, 9.17) is 18.0 Å². The lowest BCUT2D eigenvalue weighted by molar-refractivity contribution is -0.132. The third-order valence-electron chi connectivity index (χ3n) is 2.55. The number of carbonyl (C=O) groups is 2. The third-order valence-corrected chi connectivity index (χ3v) is 2.84. The van der Waals surface area contributed by atoms with Crippen LogP contribution in [0.4, 0.5) is 0 Å². The first kappa shape index (κ1) is 15.8. The molecule has 98 valence electrons. The molecule has 17 heavy (non-hydrogen) atoms. The summed E-state index contributed by atoms with van der Waals surface area (Å²) in [7, 11) is 1.69. The Kier molecular flexibility index (Phi) is 7.45. The minimum absolute atomic E-state index is 0.00794. The van der Waals surface area contributed by atoms with Gasteiger partial charge in [-0.25, -0.2) is 0 Å². The lowest BCUT2D eigenvalue weighted by Gasteiger charge is -2.17. The molecule has 0 aromatic rings. The van der Waals surface area contributed by atoms with Crippen molar-refractivity contribution in [3.8, 4) is 0 Å². The maximum Gasteiger partial charge on any atom is 0.241 e. The summed E-state index contributed by atoms with van der Waals surface area (Å²) in [5.41, 5.74) is 5.49. The Morgan fingerprint density at radius 2 is 2.00 bits per heavy atom. The maximum atomic E-state index is 11.7. The second-order valence-electron chi connectivity index (χ2n) is 3.87. The highest BCUT2D eigenvalue weighted by Crippen LogP contribution is 2.06. The summed E-state index contributed by atoms with van der Waals surface area (Å²) >= 11 is 4.83. The number of rotatable bonds is 7. The van der Waals surface area contributed by atoms with Gasteiger partial charge in [0.2, 0.25) is 11.8 Å².